The third-order valence-corrected chi connectivity index (χ3v) is 4.23. The first kappa shape index (κ1) is 11.5. The van der Waals surface area contributed by atoms with Crippen LogP contribution < -0.4 is 0 Å². The molecule has 3 aliphatic rings. The van der Waals surface area contributed by atoms with Gasteiger partial charge in [0.25, 0.3) is 5.91 Å². The van der Waals surface area contributed by atoms with E-state index in [1.807, 2.05) is 4.90 Å². The SMILES string of the molecule is C[C@@H]1CO[C@@]2(CCN(C(=O)[C@@H]3CCCO3)C2)C1. The van der Waals surface area contributed by atoms with Gasteiger partial charge in [-0.05, 0) is 31.6 Å². The molecule has 1 amide bonds. The number of hydrogen-bond acceptors (Lipinski definition) is 3. The summed E-state index contributed by atoms with van der Waals surface area (Å²) < 4.78 is 11.4. The lowest BCUT2D eigenvalue weighted by Crippen LogP contribution is -2.40. The molecule has 4 heteroatoms. The van der Waals surface area contributed by atoms with Gasteiger partial charge in [0, 0.05) is 19.7 Å². The van der Waals surface area contributed by atoms with Crippen LogP contribution in [0.25, 0.3) is 0 Å². The minimum absolute atomic E-state index is 0.0340. The van der Waals surface area contributed by atoms with E-state index in [0.29, 0.717) is 5.92 Å². The topological polar surface area (TPSA) is 38.8 Å². The van der Waals surface area contributed by atoms with Crippen LogP contribution in [-0.4, -0.2) is 48.8 Å². The van der Waals surface area contributed by atoms with Gasteiger partial charge in [0.1, 0.15) is 6.10 Å². The number of nitrogens with zero attached hydrogens (tertiary/aromatic N) is 1. The zero-order valence-electron chi connectivity index (χ0n) is 10.5. The molecule has 1 spiro atoms. The van der Waals surface area contributed by atoms with Crippen molar-refractivity contribution in [2.24, 2.45) is 5.92 Å². The summed E-state index contributed by atoms with van der Waals surface area (Å²) in [4.78, 5) is 14.2. The molecule has 0 bridgehead atoms. The molecule has 0 N–H and O–H groups in total. The van der Waals surface area contributed by atoms with Crippen molar-refractivity contribution in [3.63, 3.8) is 0 Å². The van der Waals surface area contributed by atoms with E-state index in [2.05, 4.69) is 6.92 Å². The van der Waals surface area contributed by atoms with E-state index in [0.717, 1.165) is 52.0 Å². The van der Waals surface area contributed by atoms with E-state index >= 15 is 0 Å². The molecule has 3 heterocycles. The predicted molar refractivity (Wildman–Crippen MR) is 62.6 cm³/mol. The molecule has 3 atom stereocenters. The highest BCUT2D eigenvalue weighted by molar-refractivity contribution is 5.81. The highest BCUT2D eigenvalue weighted by Crippen LogP contribution is 2.38. The normalized spacial score (nSPS) is 41.6. The zero-order valence-corrected chi connectivity index (χ0v) is 10.5. The van der Waals surface area contributed by atoms with E-state index in [9.17, 15) is 4.79 Å². The Balaban J connectivity index is 1.61. The third-order valence-electron chi connectivity index (χ3n) is 4.23. The Bertz CT molecular complexity index is 314. The molecule has 0 aromatic rings. The third kappa shape index (κ3) is 2.08. The fraction of sp³-hybridized carbons (Fsp3) is 0.923. The van der Waals surface area contributed by atoms with Crippen molar-refractivity contribution in [2.75, 3.05) is 26.3 Å². The van der Waals surface area contributed by atoms with Gasteiger partial charge < -0.3 is 14.4 Å². The van der Waals surface area contributed by atoms with Crippen molar-refractivity contribution in [3.05, 3.63) is 0 Å². The molecule has 3 aliphatic heterocycles. The second-order valence-corrected chi connectivity index (χ2v) is 5.81. The smallest absolute Gasteiger partial charge is 0.251 e. The first-order valence-electron chi connectivity index (χ1n) is 6.73. The summed E-state index contributed by atoms with van der Waals surface area (Å²) in [6, 6.07) is 0. The van der Waals surface area contributed by atoms with Crippen LogP contribution in [0.1, 0.15) is 32.6 Å². The Morgan fingerprint density at radius 1 is 1.47 bits per heavy atom. The zero-order chi connectivity index (χ0) is 11.9. The average molecular weight is 239 g/mol. The molecule has 0 aliphatic carbocycles. The molecule has 0 aromatic carbocycles. The van der Waals surface area contributed by atoms with Crippen LogP contribution in [0.4, 0.5) is 0 Å². The van der Waals surface area contributed by atoms with E-state index in [4.69, 9.17) is 9.47 Å². The quantitative estimate of drug-likeness (QED) is 0.690. The van der Waals surface area contributed by atoms with Crippen LogP contribution in [0.15, 0.2) is 0 Å². The second-order valence-electron chi connectivity index (χ2n) is 5.81. The number of ether oxygens (including phenoxy) is 2. The Hall–Kier alpha value is -0.610. The number of amides is 1. The van der Waals surface area contributed by atoms with Gasteiger partial charge in [-0.1, -0.05) is 6.92 Å². The fourth-order valence-electron chi connectivity index (χ4n) is 3.37. The van der Waals surface area contributed by atoms with Crippen molar-refractivity contribution in [2.45, 2.75) is 44.3 Å². The molecule has 3 saturated heterocycles. The maximum absolute atomic E-state index is 12.2. The first-order valence-corrected chi connectivity index (χ1v) is 6.73. The van der Waals surface area contributed by atoms with Gasteiger partial charge in [-0.25, -0.2) is 0 Å². The largest absolute Gasteiger partial charge is 0.373 e. The second kappa shape index (κ2) is 4.25. The summed E-state index contributed by atoms with van der Waals surface area (Å²) in [7, 11) is 0. The molecule has 0 unspecified atom stereocenters. The van der Waals surface area contributed by atoms with Crippen LogP contribution in [0.2, 0.25) is 0 Å². The van der Waals surface area contributed by atoms with Crippen LogP contribution in [0.3, 0.4) is 0 Å². The van der Waals surface area contributed by atoms with Crippen molar-refractivity contribution in [3.8, 4) is 0 Å². The van der Waals surface area contributed by atoms with Gasteiger partial charge in [-0.15, -0.1) is 0 Å². The van der Waals surface area contributed by atoms with Crippen LogP contribution in [0.5, 0.6) is 0 Å². The number of rotatable bonds is 1. The van der Waals surface area contributed by atoms with E-state index < -0.39 is 0 Å². The predicted octanol–water partition coefficient (Wildman–Crippen LogP) is 1.19. The molecule has 0 saturated carbocycles. The summed E-state index contributed by atoms with van der Waals surface area (Å²) in [5, 5.41) is 0. The Labute approximate surface area is 102 Å². The molecule has 96 valence electrons. The maximum atomic E-state index is 12.2. The maximum Gasteiger partial charge on any atom is 0.251 e. The Morgan fingerprint density at radius 2 is 2.35 bits per heavy atom. The monoisotopic (exact) mass is 239 g/mol. The van der Waals surface area contributed by atoms with Crippen molar-refractivity contribution in [1.82, 2.24) is 4.90 Å². The van der Waals surface area contributed by atoms with Gasteiger partial charge in [0.05, 0.1) is 12.2 Å². The van der Waals surface area contributed by atoms with Crippen LogP contribution in [0, 0.1) is 5.92 Å². The number of hydrogen-bond donors (Lipinski definition) is 0. The Kier molecular flexibility index (Phi) is 2.87. The summed E-state index contributed by atoms with van der Waals surface area (Å²) in [6.45, 7) is 5.42. The molecule has 3 rings (SSSR count). The summed E-state index contributed by atoms with van der Waals surface area (Å²) in [5.41, 5.74) is -0.0340. The van der Waals surface area contributed by atoms with Crippen molar-refractivity contribution in [1.29, 1.82) is 0 Å². The van der Waals surface area contributed by atoms with Gasteiger partial charge >= 0.3 is 0 Å². The average Bonchev–Trinajstić information content (AvgIpc) is 3.02. The molecule has 0 aromatic heterocycles. The molecular formula is C13H21NO3. The van der Waals surface area contributed by atoms with E-state index in [1.54, 1.807) is 0 Å². The molecular weight excluding hydrogens is 218 g/mol. The highest BCUT2D eigenvalue weighted by atomic mass is 16.5. The van der Waals surface area contributed by atoms with Crippen LogP contribution in [-0.2, 0) is 14.3 Å². The summed E-state index contributed by atoms with van der Waals surface area (Å²) >= 11 is 0. The van der Waals surface area contributed by atoms with Crippen molar-refractivity contribution < 1.29 is 14.3 Å². The fourth-order valence-corrected chi connectivity index (χ4v) is 3.37. The number of carbonyl (C=O) groups is 1. The lowest BCUT2D eigenvalue weighted by molar-refractivity contribution is -0.140. The van der Waals surface area contributed by atoms with Gasteiger partial charge in [-0.2, -0.15) is 0 Å². The number of carbonyl (C=O) groups excluding carboxylic acids is 1. The lowest BCUT2D eigenvalue weighted by Gasteiger charge is -2.24. The molecule has 17 heavy (non-hydrogen) atoms. The Morgan fingerprint density at radius 3 is 3.00 bits per heavy atom. The van der Waals surface area contributed by atoms with Crippen LogP contribution >= 0.6 is 0 Å². The highest BCUT2D eigenvalue weighted by Gasteiger charge is 2.46. The van der Waals surface area contributed by atoms with Gasteiger partial charge in [-0.3, -0.25) is 4.79 Å². The molecule has 3 fully saturated rings. The minimum atomic E-state index is -0.177. The first-order chi connectivity index (χ1) is 8.19. The van der Waals surface area contributed by atoms with E-state index in [1.165, 1.54) is 0 Å². The standard InChI is InChI=1S/C13H21NO3/c1-10-7-13(17-8-10)4-5-14(9-13)12(15)11-3-2-6-16-11/h10-11H,2-9H2,1H3/t10-,11-,13-/m0/s1. The lowest BCUT2D eigenvalue weighted by atomic mass is 9.94. The van der Waals surface area contributed by atoms with E-state index in [-0.39, 0.29) is 17.6 Å². The minimum Gasteiger partial charge on any atom is -0.373 e. The van der Waals surface area contributed by atoms with Gasteiger partial charge in [0.2, 0.25) is 0 Å². The van der Waals surface area contributed by atoms with Gasteiger partial charge in [0.15, 0.2) is 0 Å². The summed E-state index contributed by atoms with van der Waals surface area (Å²) in [6.07, 6.45) is 3.82. The number of likely N-dealkylation sites (tertiary alicyclic amines) is 1. The molecule has 4 nitrogen and oxygen atoms in total. The summed E-state index contributed by atoms with van der Waals surface area (Å²) in [5.74, 6) is 0.815. The molecule has 0 radical (unpaired) electrons. The van der Waals surface area contributed by atoms with Crippen molar-refractivity contribution >= 4 is 5.91 Å².